The van der Waals surface area contributed by atoms with Crippen molar-refractivity contribution in [2.45, 2.75) is 6.42 Å². The lowest BCUT2D eigenvalue weighted by atomic mass is 10.2. The first-order chi connectivity index (χ1) is 7.83. The van der Waals surface area contributed by atoms with Crippen molar-refractivity contribution in [3.8, 4) is 0 Å². The van der Waals surface area contributed by atoms with Crippen molar-refractivity contribution in [3.05, 3.63) is 36.5 Å². The van der Waals surface area contributed by atoms with Crippen molar-refractivity contribution in [3.63, 3.8) is 0 Å². The van der Waals surface area contributed by atoms with Crippen LogP contribution in [0, 0.1) is 0 Å². The largest absolute Gasteiger partial charge is 0.397 e. The molecule has 0 unspecified atom stereocenters. The van der Waals surface area contributed by atoms with Crippen molar-refractivity contribution in [1.82, 2.24) is 24.7 Å². The van der Waals surface area contributed by atoms with Crippen LogP contribution < -0.4 is 5.73 Å². The zero-order valence-electron chi connectivity index (χ0n) is 8.24. The first-order valence-electron chi connectivity index (χ1n) is 4.66. The van der Waals surface area contributed by atoms with E-state index in [0.717, 1.165) is 11.2 Å². The van der Waals surface area contributed by atoms with Gasteiger partial charge >= 0.3 is 0 Å². The van der Waals surface area contributed by atoms with Gasteiger partial charge < -0.3 is 10.3 Å². The summed E-state index contributed by atoms with van der Waals surface area (Å²) in [4.78, 5) is 7.90. The quantitative estimate of drug-likeness (QED) is 0.661. The Bertz CT molecular complexity index is 614. The topological polar surface area (TPSA) is 95.1 Å². The van der Waals surface area contributed by atoms with Gasteiger partial charge in [-0.1, -0.05) is 5.16 Å². The van der Waals surface area contributed by atoms with Crippen molar-refractivity contribution >= 4 is 11.2 Å². The number of nitrogens with two attached hydrogens (primary N) is 1. The molecule has 0 aliphatic rings. The second kappa shape index (κ2) is 3.30. The molecule has 0 spiro atoms. The van der Waals surface area contributed by atoms with Crippen molar-refractivity contribution in [1.29, 1.82) is 0 Å². The minimum absolute atomic E-state index is 0.481. The molecule has 16 heavy (non-hydrogen) atoms. The summed E-state index contributed by atoms with van der Waals surface area (Å²) in [5.41, 5.74) is 8.05. The van der Waals surface area contributed by atoms with Gasteiger partial charge in [0.2, 0.25) is 6.39 Å². The highest BCUT2D eigenvalue weighted by Crippen LogP contribution is 2.14. The van der Waals surface area contributed by atoms with Crippen LogP contribution in [0.25, 0.3) is 5.52 Å². The molecule has 0 saturated heterocycles. The molecule has 0 saturated carbocycles. The van der Waals surface area contributed by atoms with Gasteiger partial charge in [-0.25, -0.2) is 9.50 Å². The Morgan fingerprint density at radius 1 is 1.44 bits per heavy atom. The maximum Gasteiger partial charge on any atom is 0.213 e. The molecule has 3 aromatic heterocycles. The molecule has 7 heteroatoms. The molecule has 3 heterocycles. The minimum atomic E-state index is 0.481. The molecule has 0 atom stereocenters. The van der Waals surface area contributed by atoms with Gasteiger partial charge in [-0.15, -0.1) is 0 Å². The number of nitrogen functional groups attached to an aromatic ring is 1. The molecule has 0 amide bonds. The summed E-state index contributed by atoms with van der Waals surface area (Å²) in [6, 6.07) is 1.79. The van der Waals surface area contributed by atoms with Crippen molar-refractivity contribution < 1.29 is 4.52 Å². The van der Waals surface area contributed by atoms with Gasteiger partial charge in [0.1, 0.15) is 11.8 Å². The number of rotatable bonds is 2. The van der Waals surface area contributed by atoms with E-state index in [1.807, 2.05) is 0 Å². The van der Waals surface area contributed by atoms with E-state index in [1.165, 1.54) is 6.39 Å². The molecule has 0 aliphatic heterocycles. The van der Waals surface area contributed by atoms with Crippen LogP contribution in [0.5, 0.6) is 0 Å². The first kappa shape index (κ1) is 8.84. The number of nitrogens with zero attached hydrogens (tertiary/aromatic N) is 5. The summed E-state index contributed by atoms with van der Waals surface area (Å²) in [5, 5.41) is 8.04. The highest BCUT2D eigenvalue weighted by molar-refractivity contribution is 5.67. The van der Waals surface area contributed by atoms with Crippen LogP contribution >= 0.6 is 0 Å². The Morgan fingerprint density at radius 2 is 2.38 bits per heavy atom. The fourth-order valence-electron chi connectivity index (χ4n) is 1.51. The van der Waals surface area contributed by atoms with Gasteiger partial charge in [0.15, 0.2) is 5.82 Å². The maximum absolute atomic E-state index is 5.87. The van der Waals surface area contributed by atoms with Crippen LogP contribution in [-0.4, -0.2) is 24.7 Å². The van der Waals surface area contributed by atoms with Crippen LogP contribution in [0.15, 0.2) is 29.5 Å². The average molecular weight is 216 g/mol. The van der Waals surface area contributed by atoms with Gasteiger partial charge in [0, 0.05) is 0 Å². The lowest BCUT2D eigenvalue weighted by molar-refractivity contribution is 0.411. The fourth-order valence-corrected chi connectivity index (χ4v) is 1.51. The van der Waals surface area contributed by atoms with Crippen LogP contribution in [0.4, 0.5) is 5.69 Å². The molecule has 3 aromatic rings. The molecule has 7 nitrogen and oxygen atoms in total. The first-order valence-corrected chi connectivity index (χ1v) is 4.66. The average Bonchev–Trinajstić information content (AvgIpc) is 2.87. The molecule has 0 aromatic carbocycles. The summed E-state index contributed by atoms with van der Waals surface area (Å²) < 4.78 is 6.28. The smallest absolute Gasteiger partial charge is 0.213 e. The highest BCUT2D eigenvalue weighted by Gasteiger charge is 2.06. The second-order valence-corrected chi connectivity index (χ2v) is 3.34. The third-order valence-corrected chi connectivity index (χ3v) is 2.22. The summed E-state index contributed by atoms with van der Waals surface area (Å²) in [5.74, 6) is 0.575. The van der Waals surface area contributed by atoms with E-state index in [1.54, 1.807) is 23.1 Å². The molecule has 80 valence electrons. The summed E-state index contributed by atoms with van der Waals surface area (Å²) in [6.07, 6.45) is 5.04. The second-order valence-electron chi connectivity index (χ2n) is 3.34. The molecule has 3 rings (SSSR count). The summed E-state index contributed by atoms with van der Waals surface area (Å²) in [7, 11) is 0. The number of imidazole rings is 1. The SMILES string of the molecule is Nc1cc(Cc2ncon2)nn2cncc12. The van der Waals surface area contributed by atoms with E-state index in [0.29, 0.717) is 17.9 Å². The lowest BCUT2D eigenvalue weighted by Crippen LogP contribution is -2.02. The Hall–Kier alpha value is -2.44. The third-order valence-electron chi connectivity index (χ3n) is 2.22. The molecule has 0 aliphatic carbocycles. The number of anilines is 1. The lowest BCUT2D eigenvalue weighted by Gasteiger charge is -2.01. The van der Waals surface area contributed by atoms with Crippen molar-refractivity contribution in [2.75, 3.05) is 5.73 Å². The van der Waals surface area contributed by atoms with Gasteiger partial charge in [-0.3, -0.25) is 0 Å². The molecule has 2 N–H and O–H groups in total. The van der Waals surface area contributed by atoms with Gasteiger partial charge in [0.05, 0.1) is 24.0 Å². The van der Waals surface area contributed by atoms with E-state index in [2.05, 4.69) is 24.7 Å². The molecule has 0 fully saturated rings. The van der Waals surface area contributed by atoms with Crippen LogP contribution in [0.1, 0.15) is 11.5 Å². The third kappa shape index (κ3) is 1.38. The Labute approximate surface area is 89.9 Å². The van der Waals surface area contributed by atoms with Crippen LogP contribution in [0.2, 0.25) is 0 Å². The Kier molecular flexibility index (Phi) is 1.82. The van der Waals surface area contributed by atoms with Gasteiger partial charge in [0.25, 0.3) is 0 Å². The standard InChI is InChI=1S/C9H8N6O/c10-7-1-6(2-9-12-5-16-14-9)13-15-4-11-3-8(7)15/h1,3-5H,2,10H2. The van der Waals surface area contributed by atoms with E-state index >= 15 is 0 Å². The minimum Gasteiger partial charge on any atom is -0.397 e. The van der Waals surface area contributed by atoms with Gasteiger partial charge in [-0.2, -0.15) is 10.1 Å². The Morgan fingerprint density at radius 3 is 3.19 bits per heavy atom. The zero-order valence-corrected chi connectivity index (χ0v) is 8.24. The highest BCUT2D eigenvalue weighted by atomic mass is 16.5. The number of hydrogen-bond donors (Lipinski definition) is 1. The van der Waals surface area contributed by atoms with E-state index in [9.17, 15) is 0 Å². The number of aromatic nitrogens is 5. The summed E-state index contributed by atoms with van der Waals surface area (Å²) >= 11 is 0. The van der Waals surface area contributed by atoms with Crippen LogP contribution in [-0.2, 0) is 6.42 Å². The number of fused-ring (bicyclic) bond motifs is 1. The summed E-state index contributed by atoms with van der Waals surface area (Å²) in [6.45, 7) is 0. The van der Waals surface area contributed by atoms with E-state index in [4.69, 9.17) is 5.73 Å². The predicted octanol–water partition coefficient (Wildman–Crippen LogP) is 0.285. The fraction of sp³-hybridized carbons (Fsp3) is 0.111. The number of hydrogen-bond acceptors (Lipinski definition) is 6. The van der Waals surface area contributed by atoms with Gasteiger partial charge in [-0.05, 0) is 6.07 Å². The van der Waals surface area contributed by atoms with E-state index < -0.39 is 0 Å². The Balaban J connectivity index is 2.04. The monoisotopic (exact) mass is 216 g/mol. The normalized spacial score (nSPS) is 11.0. The molecular formula is C9H8N6O. The zero-order chi connectivity index (χ0) is 11.0. The predicted molar refractivity (Wildman–Crippen MR) is 54.5 cm³/mol. The molecule has 0 radical (unpaired) electrons. The molecule has 0 bridgehead atoms. The molecular weight excluding hydrogens is 208 g/mol. The maximum atomic E-state index is 5.87. The van der Waals surface area contributed by atoms with Crippen molar-refractivity contribution in [2.24, 2.45) is 0 Å². The van der Waals surface area contributed by atoms with E-state index in [-0.39, 0.29) is 0 Å². The van der Waals surface area contributed by atoms with Crippen LogP contribution in [0.3, 0.4) is 0 Å².